The standard InChI is InChI=1S/C19H19N5O/c1-3-25-16-10-8-15(9-11-16)18-12-17(14-6-4-13(2)5-7-14)20-19-21-22-23-24(18)19/h4-12,18H,3H2,1-2H3,(H,20,21,23)/t18-/m0/s1. The summed E-state index contributed by atoms with van der Waals surface area (Å²) in [6.07, 6.45) is 2.14. The van der Waals surface area contributed by atoms with Crippen molar-refractivity contribution in [3.05, 3.63) is 71.3 Å². The van der Waals surface area contributed by atoms with E-state index in [1.54, 1.807) is 4.68 Å². The fraction of sp³-hybridized carbons (Fsp3) is 0.211. The number of aromatic nitrogens is 4. The van der Waals surface area contributed by atoms with E-state index in [1.807, 2.05) is 19.1 Å². The summed E-state index contributed by atoms with van der Waals surface area (Å²) in [6, 6.07) is 16.4. The van der Waals surface area contributed by atoms with Crippen molar-refractivity contribution in [3.8, 4) is 5.75 Å². The average Bonchev–Trinajstić information content (AvgIpc) is 3.11. The highest BCUT2D eigenvalue weighted by molar-refractivity contribution is 5.77. The third-order valence-electron chi connectivity index (χ3n) is 4.22. The Morgan fingerprint density at radius 2 is 1.84 bits per heavy atom. The summed E-state index contributed by atoms with van der Waals surface area (Å²) in [4.78, 5) is 0. The molecule has 0 aliphatic carbocycles. The van der Waals surface area contributed by atoms with Gasteiger partial charge < -0.3 is 10.1 Å². The van der Waals surface area contributed by atoms with E-state index >= 15 is 0 Å². The van der Waals surface area contributed by atoms with E-state index in [9.17, 15) is 0 Å². The minimum Gasteiger partial charge on any atom is -0.494 e. The summed E-state index contributed by atoms with van der Waals surface area (Å²) in [6.45, 7) is 4.71. The first-order valence-electron chi connectivity index (χ1n) is 8.31. The predicted molar refractivity (Wildman–Crippen MR) is 96.3 cm³/mol. The maximum atomic E-state index is 5.53. The molecular weight excluding hydrogens is 314 g/mol. The van der Waals surface area contributed by atoms with Gasteiger partial charge in [0.1, 0.15) is 11.8 Å². The Bertz CT molecular complexity index is 896. The molecule has 0 bridgehead atoms. The largest absolute Gasteiger partial charge is 0.494 e. The van der Waals surface area contributed by atoms with Gasteiger partial charge in [0, 0.05) is 5.70 Å². The van der Waals surface area contributed by atoms with Crippen LogP contribution in [0.2, 0.25) is 0 Å². The monoisotopic (exact) mass is 333 g/mol. The number of nitrogens with zero attached hydrogens (tertiary/aromatic N) is 4. The number of hydrogen-bond donors (Lipinski definition) is 1. The van der Waals surface area contributed by atoms with Gasteiger partial charge in [0.15, 0.2) is 0 Å². The van der Waals surface area contributed by atoms with Crippen LogP contribution in [0.15, 0.2) is 54.6 Å². The molecule has 2 aromatic carbocycles. The van der Waals surface area contributed by atoms with Crippen molar-refractivity contribution in [1.82, 2.24) is 20.2 Å². The molecule has 1 aliphatic heterocycles. The molecule has 1 N–H and O–H groups in total. The molecule has 6 nitrogen and oxygen atoms in total. The molecule has 1 aliphatic rings. The van der Waals surface area contributed by atoms with E-state index in [0.29, 0.717) is 12.6 Å². The number of tetrazole rings is 1. The minimum absolute atomic E-state index is 0.0711. The third kappa shape index (κ3) is 2.98. The topological polar surface area (TPSA) is 64.9 Å². The average molecular weight is 333 g/mol. The number of fused-ring (bicyclic) bond motifs is 1. The Balaban J connectivity index is 1.73. The molecule has 0 saturated carbocycles. The number of aryl methyl sites for hydroxylation is 1. The van der Waals surface area contributed by atoms with Gasteiger partial charge in [0.25, 0.3) is 0 Å². The summed E-state index contributed by atoms with van der Waals surface area (Å²) < 4.78 is 7.31. The lowest BCUT2D eigenvalue weighted by molar-refractivity contribution is 0.340. The third-order valence-corrected chi connectivity index (χ3v) is 4.22. The number of benzene rings is 2. The van der Waals surface area contributed by atoms with Crippen LogP contribution in [0.4, 0.5) is 5.95 Å². The van der Waals surface area contributed by atoms with Crippen LogP contribution < -0.4 is 10.1 Å². The van der Waals surface area contributed by atoms with E-state index in [2.05, 4.69) is 70.2 Å². The van der Waals surface area contributed by atoms with Crippen molar-refractivity contribution in [2.45, 2.75) is 19.9 Å². The van der Waals surface area contributed by atoms with Crippen molar-refractivity contribution in [3.63, 3.8) is 0 Å². The molecule has 0 radical (unpaired) electrons. The number of allylic oxidation sites excluding steroid dienone is 1. The van der Waals surface area contributed by atoms with Crippen LogP contribution in [0.3, 0.4) is 0 Å². The first-order valence-corrected chi connectivity index (χ1v) is 8.31. The number of nitrogens with one attached hydrogen (secondary N) is 1. The summed E-state index contributed by atoms with van der Waals surface area (Å²) in [7, 11) is 0. The Kier molecular flexibility index (Phi) is 3.93. The summed E-state index contributed by atoms with van der Waals surface area (Å²) >= 11 is 0. The maximum absolute atomic E-state index is 5.53. The normalized spacial score (nSPS) is 15.9. The van der Waals surface area contributed by atoms with Crippen LogP contribution in [0, 0.1) is 6.92 Å². The van der Waals surface area contributed by atoms with Gasteiger partial charge in [-0.3, -0.25) is 0 Å². The lowest BCUT2D eigenvalue weighted by Crippen LogP contribution is -2.20. The van der Waals surface area contributed by atoms with Crippen LogP contribution in [-0.4, -0.2) is 26.8 Å². The van der Waals surface area contributed by atoms with Crippen LogP contribution in [0.1, 0.15) is 29.7 Å². The number of hydrogen-bond acceptors (Lipinski definition) is 5. The van der Waals surface area contributed by atoms with Crippen molar-refractivity contribution >= 4 is 11.6 Å². The van der Waals surface area contributed by atoms with E-state index < -0.39 is 0 Å². The van der Waals surface area contributed by atoms with E-state index in [1.165, 1.54) is 5.56 Å². The van der Waals surface area contributed by atoms with Crippen molar-refractivity contribution in [2.24, 2.45) is 0 Å². The molecular formula is C19H19N5O. The molecule has 1 atom stereocenters. The van der Waals surface area contributed by atoms with Crippen LogP contribution in [0.5, 0.6) is 5.75 Å². The molecule has 0 saturated heterocycles. The fourth-order valence-corrected chi connectivity index (χ4v) is 2.92. The molecule has 0 amide bonds. The van der Waals surface area contributed by atoms with Crippen molar-refractivity contribution in [1.29, 1.82) is 0 Å². The Morgan fingerprint density at radius 3 is 2.56 bits per heavy atom. The molecule has 25 heavy (non-hydrogen) atoms. The second-order valence-corrected chi connectivity index (χ2v) is 5.97. The van der Waals surface area contributed by atoms with Gasteiger partial charge in [-0.1, -0.05) is 47.1 Å². The zero-order chi connectivity index (χ0) is 17.2. The first-order chi connectivity index (χ1) is 12.2. The lowest BCUT2D eigenvalue weighted by Gasteiger charge is -2.23. The van der Waals surface area contributed by atoms with Gasteiger partial charge >= 0.3 is 0 Å². The number of ether oxygens (including phenoxy) is 1. The molecule has 6 heteroatoms. The van der Waals surface area contributed by atoms with Crippen molar-refractivity contribution in [2.75, 3.05) is 11.9 Å². The lowest BCUT2D eigenvalue weighted by atomic mass is 10.0. The predicted octanol–water partition coefficient (Wildman–Crippen LogP) is 3.44. The first kappa shape index (κ1) is 15.4. The summed E-state index contributed by atoms with van der Waals surface area (Å²) in [5.41, 5.74) is 4.44. The SMILES string of the molecule is CCOc1ccc([C@@H]2C=C(c3ccc(C)cc3)Nc3nnnn32)cc1. The molecule has 1 aromatic heterocycles. The zero-order valence-corrected chi connectivity index (χ0v) is 14.2. The van der Waals surface area contributed by atoms with Crippen LogP contribution >= 0.6 is 0 Å². The molecule has 0 fully saturated rings. The van der Waals surface area contributed by atoms with Gasteiger partial charge in [-0.05, 0) is 53.6 Å². The fourth-order valence-electron chi connectivity index (χ4n) is 2.92. The highest BCUT2D eigenvalue weighted by atomic mass is 16.5. The van der Waals surface area contributed by atoms with Gasteiger partial charge in [0.05, 0.1) is 6.61 Å². The van der Waals surface area contributed by atoms with Gasteiger partial charge in [-0.2, -0.15) is 4.68 Å². The van der Waals surface area contributed by atoms with Crippen LogP contribution in [-0.2, 0) is 0 Å². The number of rotatable bonds is 4. The zero-order valence-electron chi connectivity index (χ0n) is 14.2. The molecule has 3 aromatic rings. The van der Waals surface area contributed by atoms with E-state index in [-0.39, 0.29) is 6.04 Å². The Labute approximate surface area is 146 Å². The summed E-state index contributed by atoms with van der Waals surface area (Å²) in [5.74, 6) is 1.50. The second-order valence-electron chi connectivity index (χ2n) is 5.97. The molecule has 0 unspecified atom stereocenters. The number of anilines is 1. The molecule has 2 heterocycles. The van der Waals surface area contributed by atoms with Gasteiger partial charge in [-0.15, -0.1) is 0 Å². The van der Waals surface area contributed by atoms with Gasteiger partial charge in [0.2, 0.25) is 5.95 Å². The summed E-state index contributed by atoms with van der Waals surface area (Å²) in [5, 5.41) is 15.3. The highest BCUT2D eigenvalue weighted by Gasteiger charge is 2.24. The van der Waals surface area contributed by atoms with E-state index in [0.717, 1.165) is 22.6 Å². The van der Waals surface area contributed by atoms with Gasteiger partial charge in [-0.25, -0.2) is 0 Å². The van der Waals surface area contributed by atoms with Crippen LogP contribution in [0.25, 0.3) is 5.70 Å². The Morgan fingerprint density at radius 1 is 1.08 bits per heavy atom. The smallest absolute Gasteiger partial charge is 0.248 e. The highest BCUT2D eigenvalue weighted by Crippen LogP contribution is 2.32. The minimum atomic E-state index is -0.0711. The molecule has 126 valence electrons. The molecule has 4 rings (SSSR count). The molecule has 0 spiro atoms. The quantitative estimate of drug-likeness (QED) is 0.792. The van der Waals surface area contributed by atoms with E-state index in [4.69, 9.17) is 4.74 Å². The van der Waals surface area contributed by atoms with Crippen molar-refractivity contribution < 1.29 is 4.74 Å². The maximum Gasteiger partial charge on any atom is 0.248 e. The second kappa shape index (κ2) is 6.39. The Hall–Kier alpha value is -3.15.